The first-order valence-electron chi connectivity index (χ1n) is 6.12. The van der Waals surface area contributed by atoms with E-state index in [9.17, 15) is 4.79 Å². The lowest BCUT2D eigenvalue weighted by Crippen LogP contribution is -2.30. The second-order valence-electron chi connectivity index (χ2n) is 4.43. The molecule has 1 heterocycles. The smallest absolute Gasteiger partial charge is 0.241 e. The quantitative estimate of drug-likeness (QED) is 0.763. The molecule has 2 aromatic carbocycles. The third-order valence-corrected chi connectivity index (χ3v) is 3.16. The minimum absolute atomic E-state index is 0.118. The van der Waals surface area contributed by atoms with Gasteiger partial charge in [-0.3, -0.25) is 4.79 Å². The fraction of sp³-hybridized carbons (Fsp3) is 0.133. The van der Waals surface area contributed by atoms with Crippen LogP contribution >= 0.6 is 0 Å². The highest BCUT2D eigenvalue weighted by Gasteiger charge is 2.29. The molecular weight excluding hydrogens is 238 g/mol. The summed E-state index contributed by atoms with van der Waals surface area (Å²) < 4.78 is 0. The Balaban J connectivity index is 2.16. The molecule has 1 aliphatic heterocycles. The van der Waals surface area contributed by atoms with Crippen LogP contribution in [0.25, 0.3) is 0 Å². The molecule has 0 aromatic heterocycles. The number of amides is 1. The molecule has 0 saturated carbocycles. The van der Waals surface area contributed by atoms with Crippen molar-refractivity contribution in [3.8, 4) is 0 Å². The van der Waals surface area contributed by atoms with Crippen molar-refractivity contribution < 1.29 is 4.79 Å². The van der Waals surface area contributed by atoms with Gasteiger partial charge in [0.05, 0.1) is 5.69 Å². The van der Waals surface area contributed by atoms with Gasteiger partial charge in [0.15, 0.2) is 0 Å². The zero-order chi connectivity index (χ0) is 13.2. The second kappa shape index (κ2) is 4.65. The van der Waals surface area contributed by atoms with Crippen molar-refractivity contribution in [2.75, 3.05) is 0 Å². The zero-order valence-corrected chi connectivity index (χ0v) is 10.5. The summed E-state index contributed by atoms with van der Waals surface area (Å²) in [6.07, 6.45) is 0. The molecule has 0 N–H and O–H groups in total. The summed E-state index contributed by atoms with van der Waals surface area (Å²) in [5, 5.41) is 9.57. The average molecular weight is 251 g/mol. The SMILES string of the molecule is CC(=O)N1N=Nc2ccccc2C1c1ccccc1. The van der Waals surface area contributed by atoms with E-state index in [0.717, 1.165) is 16.8 Å². The Morgan fingerprint density at radius 1 is 1.05 bits per heavy atom. The molecule has 0 spiro atoms. The van der Waals surface area contributed by atoms with Crippen molar-refractivity contribution >= 4 is 11.6 Å². The van der Waals surface area contributed by atoms with Gasteiger partial charge >= 0.3 is 0 Å². The first-order chi connectivity index (χ1) is 9.27. The summed E-state index contributed by atoms with van der Waals surface area (Å²) in [5.41, 5.74) is 2.84. The van der Waals surface area contributed by atoms with Crippen molar-refractivity contribution in [2.45, 2.75) is 13.0 Å². The van der Waals surface area contributed by atoms with Gasteiger partial charge in [-0.05, 0) is 11.6 Å². The molecule has 0 saturated heterocycles. The number of rotatable bonds is 1. The summed E-state index contributed by atoms with van der Waals surface area (Å²) in [6, 6.07) is 17.4. The van der Waals surface area contributed by atoms with E-state index in [1.807, 2.05) is 54.6 Å². The first kappa shape index (κ1) is 11.6. The second-order valence-corrected chi connectivity index (χ2v) is 4.43. The molecule has 0 fully saturated rings. The van der Waals surface area contributed by atoms with Crippen LogP contribution in [0, 0.1) is 0 Å². The molecule has 0 aliphatic carbocycles. The third-order valence-electron chi connectivity index (χ3n) is 3.16. The highest BCUT2D eigenvalue weighted by atomic mass is 16.2. The van der Waals surface area contributed by atoms with Gasteiger partial charge in [0.1, 0.15) is 6.04 Å². The predicted octanol–water partition coefficient (Wildman–Crippen LogP) is 3.64. The van der Waals surface area contributed by atoms with Gasteiger partial charge < -0.3 is 0 Å². The molecule has 0 bridgehead atoms. The lowest BCUT2D eigenvalue weighted by Gasteiger charge is -2.29. The van der Waals surface area contributed by atoms with Crippen LogP contribution in [0.3, 0.4) is 0 Å². The largest absolute Gasteiger partial charge is 0.273 e. The monoisotopic (exact) mass is 251 g/mol. The Morgan fingerprint density at radius 3 is 2.47 bits per heavy atom. The molecule has 1 unspecified atom stereocenters. The summed E-state index contributed by atoms with van der Waals surface area (Å²) in [5.74, 6) is -0.118. The third kappa shape index (κ3) is 2.01. The van der Waals surface area contributed by atoms with E-state index in [4.69, 9.17) is 0 Å². The van der Waals surface area contributed by atoms with Crippen molar-refractivity contribution in [3.05, 3.63) is 65.7 Å². The highest BCUT2D eigenvalue weighted by Crippen LogP contribution is 2.38. The van der Waals surface area contributed by atoms with Crippen molar-refractivity contribution in [2.24, 2.45) is 10.3 Å². The molecular formula is C15H13N3O. The van der Waals surface area contributed by atoms with Crippen molar-refractivity contribution in [1.82, 2.24) is 5.01 Å². The van der Waals surface area contributed by atoms with E-state index in [1.165, 1.54) is 11.9 Å². The van der Waals surface area contributed by atoms with Crippen LogP contribution in [-0.2, 0) is 4.79 Å². The standard InChI is InChI=1S/C15H13N3O/c1-11(19)18-15(12-7-3-2-4-8-12)13-9-5-6-10-14(13)16-17-18/h2-10,15H,1H3. The van der Waals surface area contributed by atoms with E-state index in [0.29, 0.717) is 0 Å². The molecule has 1 aliphatic rings. The fourth-order valence-electron chi connectivity index (χ4n) is 2.29. The van der Waals surface area contributed by atoms with Crippen LogP contribution in [0.4, 0.5) is 5.69 Å². The van der Waals surface area contributed by atoms with E-state index in [1.54, 1.807) is 0 Å². The van der Waals surface area contributed by atoms with Crippen LogP contribution in [0.2, 0.25) is 0 Å². The van der Waals surface area contributed by atoms with E-state index in [2.05, 4.69) is 10.3 Å². The number of hydrogen-bond acceptors (Lipinski definition) is 3. The van der Waals surface area contributed by atoms with Crippen LogP contribution in [0.5, 0.6) is 0 Å². The normalized spacial score (nSPS) is 17.1. The molecule has 1 amide bonds. The molecule has 94 valence electrons. The Bertz CT molecular complexity index is 637. The molecule has 0 radical (unpaired) electrons. The number of nitrogens with zero attached hydrogens (tertiary/aromatic N) is 3. The first-order valence-corrected chi connectivity index (χ1v) is 6.12. The number of carbonyl (C=O) groups excluding carboxylic acids is 1. The fourth-order valence-corrected chi connectivity index (χ4v) is 2.29. The zero-order valence-electron chi connectivity index (χ0n) is 10.5. The summed E-state index contributed by atoms with van der Waals surface area (Å²) in [7, 11) is 0. The maximum absolute atomic E-state index is 11.8. The van der Waals surface area contributed by atoms with Crippen LogP contribution < -0.4 is 0 Å². The molecule has 4 nitrogen and oxygen atoms in total. The maximum Gasteiger partial charge on any atom is 0.241 e. The van der Waals surface area contributed by atoms with Crippen molar-refractivity contribution in [3.63, 3.8) is 0 Å². The van der Waals surface area contributed by atoms with Gasteiger partial charge in [-0.25, -0.2) is 5.01 Å². The average Bonchev–Trinajstić information content (AvgIpc) is 2.46. The summed E-state index contributed by atoms with van der Waals surface area (Å²) in [4.78, 5) is 11.8. The van der Waals surface area contributed by atoms with E-state index < -0.39 is 0 Å². The highest BCUT2D eigenvalue weighted by molar-refractivity contribution is 5.75. The number of hydrogen-bond donors (Lipinski definition) is 0. The van der Waals surface area contributed by atoms with Gasteiger partial charge in [0.2, 0.25) is 5.91 Å². The number of benzene rings is 2. The topological polar surface area (TPSA) is 45.0 Å². The van der Waals surface area contributed by atoms with Gasteiger partial charge in [-0.15, -0.1) is 5.11 Å². The Labute approximate surface area is 111 Å². The lowest BCUT2D eigenvalue weighted by atomic mass is 9.96. The van der Waals surface area contributed by atoms with E-state index in [-0.39, 0.29) is 11.9 Å². The van der Waals surface area contributed by atoms with Gasteiger partial charge in [0, 0.05) is 12.5 Å². The molecule has 19 heavy (non-hydrogen) atoms. The van der Waals surface area contributed by atoms with Crippen molar-refractivity contribution in [1.29, 1.82) is 0 Å². The number of fused-ring (bicyclic) bond motifs is 1. The van der Waals surface area contributed by atoms with Gasteiger partial charge in [-0.1, -0.05) is 53.8 Å². The lowest BCUT2D eigenvalue weighted by molar-refractivity contribution is -0.131. The predicted molar refractivity (Wildman–Crippen MR) is 71.8 cm³/mol. The molecule has 3 rings (SSSR count). The maximum atomic E-state index is 11.8. The molecule has 1 atom stereocenters. The Morgan fingerprint density at radius 2 is 1.74 bits per heavy atom. The Kier molecular flexibility index (Phi) is 2.83. The van der Waals surface area contributed by atoms with Gasteiger partial charge in [-0.2, -0.15) is 0 Å². The van der Waals surface area contributed by atoms with Gasteiger partial charge in [0.25, 0.3) is 0 Å². The van der Waals surface area contributed by atoms with Crippen LogP contribution in [0.15, 0.2) is 64.9 Å². The number of carbonyl (C=O) groups is 1. The summed E-state index contributed by atoms with van der Waals surface area (Å²) >= 11 is 0. The minimum Gasteiger partial charge on any atom is -0.273 e. The van der Waals surface area contributed by atoms with Crippen LogP contribution in [-0.4, -0.2) is 10.9 Å². The van der Waals surface area contributed by atoms with E-state index >= 15 is 0 Å². The Hall–Kier alpha value is -2.49. The summed E-state index contributed by atoms with van der Waals surface area (Å²) in [6.45, 7) is 1.50. The molecule has 4 heteroatoms. The minimum atomic E-state index is -0.201. The molecule has 2 aromatic rings. The van der Waals surface area contributed by atoms with Crippen LogP contribution in [0.1, 0.15) is 24.1 Å².